The van der Waals surface area contributed by atoms with Crippen molar-refractivity contribution in [3.8, 4) is 23.4 Å². The van der Waals surface area contributed by atoms with Crippen molar-refractivity contribution in [2.24, 2.45) is 5.92 Å². The van der Waals surface area contributed by atoms with Crippen LogP contribution in [0.15, 0.2) is 41.2 Å². The van der Waals surface area contributed by atoms with E-state index in [9.17, 15) is 9.90 Å². The van der Waals surface area contributed by atoms with Crippen molar-refractivity contribution in [2.45, 2.75) is 24.7 Å². The van der Waals surface area contributed by atoms with Crippen molar-refractivity contribution in [1.82, 2.24) is 4.98 Å². The first kappa shape index (κ1) is 17.4. The molecule has 3 aliphatic carbocycles. The second-order valence-corrected chi connectivity index (χ2v) is 8.71. The zero-order chi connectivity index (χ0) is 19.4. The average Bonchev–Trinajstić information content (AvgIpc) is 2.99. The number of H-pyrrole nitrogens is 1. The third kappa shape index (κ3) is 2.70. The molecule has 3 aliphatic rings. The quantitative estimate of drug-likeness (QED) is 0.629. The van der Waals surface area contributed by atoms with Crippen LogP contribution in [0, 0.1) is 17.2 Å². The van der Waals surface area contributed by atoms with Gasteiger partial charge in [0.1, 0.15) is 11.5 Å². The van der Waals surface area contributed by atoms with Gasteiger partial charge in [-0.25, -0.2) is 0 Å². The second-order valence-electron chi connectivity index (χ2n) is 7.28. The van der Waals surface area contributed by atoms with Crippen molar-refractivity contribution in [3.63, 3.8) is 0 Å². The summed E-state index contributed by atoms with van der Waals surface area (Å²) in [7, 11) is 0. The van der Waals surface area contributed by atoms with Gasteiger partial charge >= 0.3 is 4.87 Å². The minimum atomic E-state index is -0.231. The summed E-state index contributed by atoms with van der Waals surface area (Å²) < 4.78 is 5.96. The van der Waals surface area contributed by atoms with Crippen LogP contribution in [0.5, 0.6) is 17.4 Å². The lowest BCUT2D eigenvalue weighted by Crippen LogP contribution is -2.34. The molecule has 0 radical (unpaired) electrons. The standard InChI is InChI=1S/C21H15ClN2O3S/c22-16-5-10(9-23)1-4-17(16)27-13-2-3-14-15(8-13)11-6-12(7-11)18(14)19-20(25)24-21(26)28-19/h1-5,8,11-12,18,25H,6-7H2,(H,24,26)/t11?,12?,18-/m1/s1. The highest BCUT2D eigenvalue weighted by atomic mass is 35.5. The molecule has 1 atom stereocenters. The number of nitrogens with zero attached hydrogens (tertiary/aromatic N) is 1. The lowest BCUT2D eigenvalue weighted by Gasteiger charge is -2.47. The molecule has 2 N–H and O–H groups in total. The summed E-state index contributed by atoms with van der Waals surface area (Å²) in [6.07, 6.45) is 2.09. The van der Waals surface area contributed by atoms with Crippen molar-refractivity contribution in [2.75, 3.05) is 0 Å². The Morgan fingerprint density at radius 1 is 1.21 bits per heavy atom. The molecule has 1 aromatic heterocycles. The fourth-order valence-corrected chi connectivity index (χ4v) is 5.53. The second kappa shape index (κ2) is 6.40. The van der Waals surface area contributed by atoms with Crippen LogP contribution in [0.25, 0.3) is 0 Å². The van der Waals surface area contributed by atoms with E-state index in [1.807, 2.05) is 18.2 Å². The highest BCUT2D eigenvalue weighted by molar-refractivity contribution is 7.09. The van der Waals surface area contributed by atoms with Crippen LogP contribution in [-0.2, 0) is 0 Å². The first-order chi connectivity index (χ1) is 13.5. The minimum Gasteiger partial charge on any atom is -0.494 e. The van der Waals surface area contributed by atoms with Gasteiger partial charge in [0.15, 0.2) is 0 Å². The van der Waals surface area contributed by atoms with E-state index in [4.69, 9.17) is 21.6 Å². The molecule has 7 heteroatoms. The summed E-state index contributed by atoms with van der Waals surface area (Å²) in [6.45, 7) is 0. The van der Waals surface area contributed by atoms with Crippen LogP contribution < -0.4 is 9.61 Å². The number of hydrogen-bond donors (Lipinski definition) is 2. The van der Waals surface area contributed by atoms with Crippen molar-refractivity contribution in [3.05, 3.63) is 72.7 Å². The topological polar surface area (TPSA) is 86.1 Å². The van der Waals surface area contributed by atoms with Gasteiger partial charge in [-0.15, -0.1) is 0 Å². The Balaban J connectivity index is 1.51. The summed E-state index contributed by atoms with van der Waals surface area (Å²) in [5, 5.41) is 19.5. The number of halogens is 1. The number of thiazole rings is 1. The Morgan fingerprint density at radius 3 is 2.71 bits per heavy atom. The Morgan fingerprint density at radius 2 is 2.04 bits per heavy atom. The van der Waals surface area contributed by atoms with E-state index < -0.39 is 0 Å². The van der Waals surface area contributed by atoms with Crippen LogP contribution >= 0.6 is 22.9 Å². The predicted octanol–water partition coefficient (Wildman–Crippen LogP) is 5.10. The van der Waals surface area contributed by atoms with Gasteiger partial charge in [0.05, 0.1) is 21.5 Å². The number of rotatable bonds is 3. The third-order valence-corrected chi connectivity index (χ3v) is 6.96. The van der Waals surface area contributed by atoms with Crippen molar-refractivity contribution in [1.29, 1.82) is 5.26 Å². The lowest BCUT2D eigenvalue weighted by atomic mass is 9.57. The fraction of sp³-hybridized carbons (Fsp3) is 0.238. The van der Waals surface area contributed by atoms with Crippen LogP contribution in [0.4, 0.5) is 0 Å². The molecule has 0 spiro atoms. The number of aromatic nitrogens is 1. The van der Waals surface area contributed by atoms with E-state index in [0.29, 0.717) is 33.9 Å². The predicted molar refractivity (Wildman–Crippen MR) is 107 cm³/mol. The number of aromatic amines is 1. The largest absolute Gasteiger partial charge is 0.494 e. The minimum absolute atomic E-state index is 0.0130. The van der Waals surface area contributed by atoms with E-state index in [-0.39, 0.29) is 16.7 Å². The highest BCUT2D eigenvalue weighted by Crippen LogP contribution is 2.59. The smallest absolute Gasteiger partial charge is 0.307 e. The van der Waals surface area contributed by atoms with Crippen LogP contribution in [0.2, 0.25) is 5.02 Å². The molecule has 3 aromatic rings. The molecular formula is C21H15ClN2O3S. The van der Waals surface area contributed by atoms with Crippen LogP contribution in [0.1, 0.15) is 46.2 Å². The molecule has 2 aromatic carbocycles. The number of ether oxygens (including phenoxy) is 1. The first-order valence-electron chi connectivity index (χ1n) is 8.97. The molecule has 0 amide bonds. The summed E-state index contributed by atoms with van der Waals surface area (Å²) in [4.78, 5) is 14.6. The molecule has 1 saturated carbocycles. The Labute approximate surface area is 169 Å². The molecular weight excluding hydrogens is 396 g/mol. The van der Waals surface area contributed by atoms with E-state index in [2.05, 4.69) is 11.1 Å². The van der Waals surface area contributed by atoms with Crippen LogP contribution in [-0.4, -0.2) is 10.1 Å². The summed E-state index contributed by atoms with van der Waals surface area (Å²) in [5.74, 6) is 2.14. The molecule has 1 fully saturated rings. The Bertz CT molecular complexity index is 1190. The number of hydrogen-bond acceptors (Lipinski definition) is 5. The van der Waals surface area contributed by atoms with Gasteiger partial charge in [0.2, 0.25) is 5.88 Å². The van der Waals surface area contributed by atoms with Gasteiger partial charge in [-0.05, 0) is 66.1 Å². The van der Waals surface area contributed by atoms with E-state index in [1.165, 1.54) is 5.56 Å². The van der Waals surface area contributed by atoms with Gasteiger partial charge < -0.3 is 9.84 Å². The number of benzene rings is 2. The summed E-state index contributed by atoms with van der Waals surface area (Å²) in [5.41, 5.74) is 2.84. The van der Waals surface area contributed by atoms with Gasteiger partial charge in [-0.3, -0.25) is 9.78 Å². The Hall–Kier alpha value is -2.75. The van der Waals surface area contributed by atoms with Gasteiger partial charge in [0, 0.05) is 5.92 Å². The maximum absolute atomic E-state index is 11.7. The van der Waals surface area contributed by atoms with Gasteiger partial charge in [0.25, 0.3) is 0 Å². The molecule has 2 bridgehead atoms. The monoisotopic (exact) mass is 410 g/mol. The van der Waals surface area contributed by atoms with E-state index in [0.717, 1.165) is 34.6 Å². The lowest BCUT2D eigenvalue weighted by molar-refractivity contribution is 0.210. The van der Waals surface area contributed by atoms with Gasteiger partial charge in [-0.1, -0.05) is 29.0 Å². The Kier molecular flexibility index (Phi) is 3.97. The summed E-state index contributed by atoms with van der Waals surface area (Å²) in [6, 6.07) is 12.9. The van der Waals surface area contributed by atoms with Gasteiger partial charge in [-0.2, -0.15) is 5.26 Å². The normalized spacial score (nSPS) is 22.1. The third-order valence-electron chi connectivity index (χ3n) is 5.71. The SMILES string of the molecule is N#Cc1ccc(Oc2ccc3c(c2)C2CC(C2)[C@H]3c2sc(=O)[nH]c2O)c(Cl)c1. The molecule has 140 valence electrons. The number of aromatic hydroxyl groups is 1. The maximum atomic E-state index is 11.7. The molecule has 5 nitrogen and oxygen atoms in total. The molecule has 1 heterocycles. The van der Waals surface area contributed by atoms with E-state index in [1.54, 1.807) is 18.2 Å². The zero-order valence-electron chi connectivity index (χ0n) is 14.6. The average molecular weight is 411 g/mol. The molecule has 0 unspecified atom stereocenters. The highest BCUT2D eigenvalue weighted by Gasteiger charge is 2.46. The molecule has 0 aliphatic heterocycles. The van der Waals surface area contributed by atoms with Crippen molar-refractivity contribution < 1.29 is 9.84 Å². The zero-order valence-corrected chi connectivity index (χ0v) is 16.2. The number of nitriles is 1. The maximum Gasteiger partial charge on any atom is 0.307 e. The van der Waals surface area contributed by atoms with E-state index >= 15 is 0 Å². The molecule has 6 rings (SSSR count). The number of nitrogens with one attached hydrogen (secondary N) is 1. The van der Waals surface area contributed by atoms with Crippen molar-refractivity contribution >= 4 is 22.9 Å². The first-order valence-corrected chi connectivity index (χ1v) is 10.2. The fourth-order valence-electron chi connectivity index (χ4n) is 4.37. The van der Waals surface area contributed by atoms with Crippen LogP contribution in [0.3, 0.4) is 0 Å². The summed E-state index contributed by atoms with van der Waals surface area (Å²) >= 11 is 7.31. The molecule has 0 saturated heterocycles. The molecule has 28 heavy (non-hydrogen) atoms.